The Bertz CT molecular complexity index is 1750. The minimum Gasteiger partial charge on any atom is -0.456 e. The van der Waals surface area contributed by atoms with Crippen LogP contribution < -0.4 is 10.1 Å². The summed E-state index contributed by atoms with van der Waals surface area (Å²) in [6.07, 6.45) is 0.560. The number of H-pyrrole nitrogens is 1. The van der Waals surface area contributed by atoms with E-state index in [1.54, 1.807) is 48.9 Å². The van der Waals surface area contributed by atoms with Crippen molar-refractivity contribution in [3.8, 4) is 22.8 Å². The highest BCUT2D eigenvalue weighted by Gasteiger charge is 2.34. The second-order valence-corrected chi connectivity index (χ2v) is 10.5. The number of alkyl halides is 3. The summed E-state index contributed by atoms with van der Waals surface area (Å²) < 4.78 is 48.3. The lowest BCUT2D eigenvalue weighted by molar-refractivity contribution is -0.138. The van der Waals surface area contributed by atoms with E-state index in [1.165, 1.54) is 12.1 Å². The number of amides is 1. The van der Waals surface area contributed by atoms with Crippen LogP contribution in [0, 0.1) is 0 Å². The van der Waals surface area contributed by atoms with E-state index < -0.39 is 17.6 Å². The van der Waals surface area contributed by atoms with E-state index in [0.717, 1.165) is 30.1 Å². The molecular weight excluding hydrogens is 557 g/mol. The number of aromatic nitrogens is 3. The predicted octanol–water partition coefficient (Wildman–Crippen LogP) is 6.44. The number of ether oxygens (including phenoxy) is 1. The molecule has 0 atom stereocenters. The van der Waals surface area contributed by atoms with Crippen molar-refractivity contribution >= 4 is 22.6 Å². The van der Waals surface area contributed by atoms with Gasteiger partial charge in [0.05, 0.1) is 16.6 Å². The zero-order chi connectivity index (χ0) is 30.0. The minimum atomic E-state index is -4.56. The molecule has 1 aliphatic rings. The molecule has 6 rings (SSSR count). The number of benzene rings is 2. The van der Waals surface area contributed by atoms with Crippen molar-refractivity contribution in [1.82, 2.24) is 24.8 Å². The van der Waals surface area contributed by atoms with Crippen LogP contribution >= 0.6 is 0 Å². The normalized spacial score (nSPS) is 14.6. The van der Waals surface area contributed by atoms with Crippen LogP contribution in [0.1, 0.15) is 21.5 Å². The summed E-state index contributed by atoms with van der Waals surface area (Å²) in [5, 5.41) is 3.37. The number of hydrogen-bond donors (Lipinski definition) is 2. The summed E-state index contributed by atoms with van der Waals surface area (Å²) in [4.78, 5) is 29.1. The van der Waals surface area contributed by atoms with Gasteiger partial charge >= 0.3 is 6.18 Å². The first kappa shape index (κ1) is 28.4. The minimum absolute atomic E-state index is 0.0657. The number of piperazine rings is 1. The highest BCUT2D eigenvalue weighted by molar-refractivity contribution is 6.04. The summed E-state index contributed by atoms with van der Waals surface area (Å²) in [7, 11) is 2.00. The zero-order valence-corrected chi connectivity index (χ0v) is 23.4. The van der Waals surface area contributed by atoms with E-state index in [9.17, 15) is 18.0 Å². The number of carbonyl (C=O) groups is 1. The summed E-state index contributed by atoms with van der Waals surface area (Å²) in [6.45, 7) is 3.21. The van der Waals surface area contributed by atoms with E-state index in [-0.39, 0.29) is 23.4 Å². The molecule has 0 unspecified atom stereocenters. The molecule has 0 saturated carbocycles. The van der Waals surface area contributed by atoms with Crippen LogP contribution in [0.3, 0.4) is 0 Å². The number of nitrogens with zero attached hydrogens (tertiary/aromatic N) is 4. The van der Waals surface area contributed by atoms with Gasteiger partial charge in [-0.2, -0.15) is 13.2 Å². The lowest BCUT2D eigenvalue weighted by Crippen LogP contribution is -2.44. The number of halogens is 3. The van der Waals surface area contributed by atoms with Crippen molar-refractivity contribution in [2.45, 2.75) is 12.7 Å². The van der Waals surface area contributed by atoms with Crippen molar-refractivity contribution < 1.29 is 22.7 Å². The number of aromatic amines is 1. The molecule has 1 fully saturated rings. The summed E-state index contributed by atoms with van der Waals surface area (Å²) in [5.74, 6) is 0.367. The molecule has 2 N–H and O–H groups in total. The van der Waals surface area contributed by atoms with Gasteiger partial charge in [-0.15, -0.1) is 0 Å². The molecule has 220 valence electrons. The molecule has 0 spiro atoms. The molecule has 1 saturated heterocycles. The average Bonchev–Trinajstić information content (AvgIpc) is 3.48. The van der Waals surface area contributed by atoms with Crippen molar-refractivity contribution in [2.75, 3.05) is 38.5 Å². The first-order chi connectivity index (χ1) is 20.7. The van der Waals surface area contributed by atoms with Gasteiger partial charge in [0.25, 0.3) is 5.91 Å². The van der Waals surface area contributed by atoms with Crippen LogP contribution in [0.15, 0.2) is 85.3 Å². The highest BCUT2D eigenvalue weighted by atomic mass is 19.4. The average molecular weight is 587 g/mol. The molecule has 5 aromatic rings. The molecule has 2 aromatic carbocycles. The fraction of sp³-hybridized carbons (Fsp3) is 0.219. The smallest absolute Gasteiger partial charge is 0.416 e. The Morgan fingerprint density at radius 2 is 1.79 bits per heavy atom. The fourth-order valence-electron chi connectivity index (χ4n) is 5.10. The first-order valence-corrected chi connectivity index (χ1v) is 13.8. The number of fused-ring (bicyclic) bond motifs is 1. The number of pyridine rings is 2. The topological polar surface area (TPSA) is 86.4 Å². The largest absolute Gasteiger partial charge is 0.456 e. The fourth-order valence-corrected chi connectivity index (χ4v) is 5.10. The van der Waals surface area contributed by atoms with Gasteiger partial charge in [-0.1, -0.05) is 12.1 Å². The summed E-state index contributed by atoms with van der Waals surface area (Å²) >= 11 is 0. The number of likely N-dealkylation sites (N-methyl/N-ethyl adjacent to an activating group) is 1. The molecule has 1 aliphatic heterocycles. The van der Waals surface area contributed by atoms with Crippen molar-refractivity contribution in [3.63, 3.8) is 0 Å². The molecule has 3 aromatic heterocycles. The predicted molar refractivity (Wildman–Crippen MR) is 158 cm³/mol. The number of hydrogen-bond acceptors (Lipinski definition) is 6. The van der Waals surface area contributed by atoms with E-state index in [1.807, 2.05) is 30.1 Å². The third kappa shape index (κ3) is 6.52. The second-order valence-electron chi connectivity index (χ2n) is 10.5. The van der Waals surface area contributed by atoms with Gasteiger partial charge in [-0.05, 0) is 61.1 Å². The van der Waals surface area contributed by atoms with Crippen molar-refractivity contribution in [2.24, 2.45) is 0 Å². The number of rotatable bonds is 7. The van der Waals surface area contributed by atoms with Crippen LogP contribution in [0.25, 0.3) is 22.3 Å². The van der Waals surface area contributed by atoms with E-state index in [4.69, 9.17) is 4.74 Å². The third-order valence-corrected chi connectivity index (χ3v) is 7.45. The third-order valence-electron chi connectivity index (χ3n) is 7.45. The van der Waals surface area contributed by atoms with Crippen LogP contribution in [-0.2, 0) is 12.7 Å². The van der Waals surface area contributed by atoms with Gasteiger partial charge in [0.2, 0.25) is 0 Å². The Morgan fingerprint density at radius 1 is 1.00 bits per heavy atom. The lowest BCUT2D eigenvalue weighted by Gasteiger charge is -2.33. The molecule has 8 nitrogen and oxygen atoms in total. The Hall–Kier alpha value is -4.74. The number of nitrogens with one attached hydrogen (secondary N) is 2. The van der Waals surface area contributed by atoms with Gasteiger partial charge < -0.3 is 19.9 Å². The number of carbonyl (C=O) groups excluding carboxylic acids is 1. The quantitative estimate of drug-likeness (QED) is 0.229. The van der Waals surface area contributed by atoms with E-state index in [0.29, 0.717) is 35.9 Å². The van der Waals surface area contributed by atoms with E-state index >= 15 is 0 Å². The lowest BCUT2D eigenvalue weighted by atomic mass is 10.0. The van der Waals surface area contributed by atoms with Gasteiger partial charge in [-0.3, -0.25) is 14.7 Å². The summed E-state index contributed by atoms with van der Waals surface area (Å²) in [5.41, 5.74) is 1.91. The Kier molecular flexibility index (Phi) is 7.83. The summed E-state index contributed by atoms with van der Waals surface area (Å²) in [6, 6.07) is 17.8. The van der Waals surface area contributed by atoms with Crippen LogP contribution in [0.5, 0.6) is 11.5 Å². The number of anilines is 1. The maximum absolute atomic E-state index is 14.0. The Labute approximate surface area is 246 Å². The van der Waals surface area contributed by atoms with E-state index in [2.05, 4.69) is 25.2 Å². The van der Waals surface area contributed by atoms with Crippen LogP contribution in [0.4, 0.5) is 18.9 Å². The second kappa shape index (κ2) is 11.9. The van der Waals surface area contributed by atoms with Crippen molar-refractivity contribution in [1.29, 1.82) is 0 Å². The van der Waals surface area contributed by atoms with Gasteiger partial charge in [0.15, 0.2) is 0 Å². The van der Waals surface area contributed by atoms with Gasteiger partial charge in [0.1, 0.15) is 17.1 Å². The van der Waals surface area contributed by atoms with Crippen molar-refractivity contribution in [3.05, 3.63) is 102 Å². The SMILES string of the molecule is CN1CCN(Cc2ccc(NC(=O)c3cccc(Oc4cc(-c5ccncc5)nc5[nH]ccc45)c3)cc2C(F)(F)F)CC1. The molecule has 0 radical (unpaired) electrons. The molecule has 0 aliphatic carbocycles. The standard InChI is InChI=1S/C32H29F3N6O2/c1-40-13-15-41(16-14-40)20-23-5-6-24(18-27(23)32(33,34)35)38-31(42)22-3-2-4-25(17-22)43-29-19-28(21-7-10-36-11-8-21)39-30-26(29)9-12-37-30/h2-12,17-19H,13-16,20H2,1H3,(H,37,39)(H,38,42). The zero-order valence-electron chi connectivity index (χ0n) is 23.4. The molecule has 1 amide bonds. The maximum Gasteiger partial charge on any atom is 0.416 e. The Balaban J connectivity index is 1.21. The van der Waals surface area contributed by atoms with Gasteiger partial charge in [0, 0.05) is 74.2 Å². The molecular formula is C32H29F3N6O2. The van der Waals surface area contributed by atoms with Crippen LogP contribution in [-0.4, -0.2) is 63.9 Å². The Morgan fingerprint density at radius 3 is 2.56 bits per heavy atom. The maximum atomic E-state index is 14.0. The first-order valence-electron chi connectivity index (χ1n) is 13.8. The van der Waals surface area contributed by atoms with Gasteiger partial charge in [-0.25, -0.2) is 4.98 Å². The monoisotopic (exact) mass is 586 g/mol. The molecule has 0 bridgehead atoms. The highest BCUT2D eigenvalue weighted by Crippen LogP contribution is 2.36. The molecule has 4 heterocycles. The molecule has 43 heavy (non-hydrogen) atoms. The molecule has 11 heteroatoms. The van der Waals surface area contributed by atoms with Crippen LogP contribution in [0.2, 0.25) is 0 Å².